The maximum atomic E-state index is 7.06. The van der Waals surface area contributed by atoms with Crippen LogP contribution in [0.5, 0.6) is 11.5 Å². The fourth-order valence-corrected chi connectivity index (χ4v) is 9.27. The Bertz CT molecular complexity index is 2820. The van der Waals surface area contributed by atoms with Crippen molar-refractivity contribution in [3.63, 3.8) is 0 Å². The third-order valence-electron chi connectivity index (χ3n) is 12.1. The minimum absolute atomic E-state index is 0.211. The topological polar surface area (TPSA) is 15.7 Å². The molecule has 0 bridgehead atoms. The molecule has 1 atom stereocenters. The van der Waals surface area contributed by atoms with Crippen molar-refractivity contribution in [2.45, 2.75) is 25.2 Å². The van der Waals surface area contributed by atoms with Crippen LogP contribution in [0.3, 0.4) is 0 Å². The molecule has 8 aromatic rings. The molecule has 1 heterocycles. The molecule has 0 N–H and O–H groups in total. The second kappa shape index (κ2) is 14.9. The Balaban J connectivity index is 1.01. The van der Waals surface area contributed by atoms with E-state index >= 15 is 0 Å². The van der Waals surface area contributed by atoms with Crippen molar-refractivity contribution in [2.75, 3.05) is 9.80 Å². The maximum Gasteiger partial charge on any atom is 0.133 e. The highest BCUT2D eigenvalue weighted by Gasteiger charge is 2.32. The molecule has 1 aliphatic heterocycles. The van der Waals surface area contributed by atoms with Crippen LogP contribution in [-0.4, -0.2) is 0 Å². The van der Waals surface area contributed by atoms with E-state index in [1.807, 2.05) is 0 Å². The summed E-state index contributed by atoms with van der Waals surface area (Å²) in [5, 5.41) is 0. The number of hydrogen-bond acceptors (Lipinski definition) is 3. The van der Waals surface area contributed by atoms with E-state index in [-0.39, 0.29) is 5.92 Å². The molecule has 0 spiro atoms. The summed E-state index contributed by atoms with van der Waals surface area (Å²) >= 11 is 0. The summed E-state index contributed by atoms with van der Waals surface area (Å²) in [7, 11) is 0. The van der Waals surface area contributed by atoms with Crippen LogP contribution in [-0.2, 0) is 6.42 Å². The first-order chi connectivity index (χ1) is 29.2. The maximum absolute atomic E-state index is 7.06. The number of hydrogen-bond donors (Lipinski definition) is 0. The Labute approximate surface area is 346 Å². The number of nitrogens with zero attached hydrogens (tertiary/aromatic N) is 2. The van der Waals surface area contributed by atoms with Gasteiger partial charge in [0.05, 0.1) is 5.69 Å². The number of fused-ring (bicyclic) bond motifs is 3. The fourth-order valence-electron chi connectivity index (χ4n) is 9.27. The largest absolute Gasteiger partial charge is 0.457 e. The molecule has 0 amide bonds. The minimum atomic E-state index is 0.211. The monoisotopic (exact) mass is 758 g/mol. The molecule has 2 aliphatic carbocycles. The lowest BCUT2D eigenvalue weighted by atomic mass is 9.79. The first-order valence-electron chi connectivity index (χ1n) is 20.7. The van der Waals surface area contributed by atoms with E-state index < -0.39 is 0 Å². The zero-order chi connectivity index (χ0) is 39.1. The molecule has 0 saturated heterocycles. The molecular weight excluding hydrogens is 717 g/mol. The van der Waals surface area contributed by atoms with Crippen molar-refractivity contribution in [1.82, 2.24) is 0 Å². The smallest absolute Gasteiger partial charge is 0.133 e. The summed E-state index contributed by atoms with van der Waals surface area (Å²) in [6.07, 6.45) is 10.1. The molecule has 8 aromatic carbocycles. The van der Waals surface area contributed by atoms with Crippen LogP contribution < -0.4 is 14.5 Å². The lowest BCUT2D eigenvalue weighted by Gasteiger charge is -2.34. The summed E-state index contributed by atoms with van der Waals surface area (Å²) in [6.45, 7) is 0. The van der Waals surface area contributed by atoms with Gasteiger partial charge in [0.1, 0.15) is 11.5 Å². The van der Waals surface area contributed by atoms with Gasteiger partial charge < -0.3 is 14.5 Å². The van der Waals surface area contributed by atoms with Crippen LogP contribution in [0.2, 0.25) is 0 Å². The van der Waals surface area contributed by atoms with Crippen LogP contribution in [0.1, 0.15) is 52.1 Å². The van der Waals surface area contributed by atoms with E-state index in [1.165, 1.54) is 50.1 Å². The van der Waals surface area contributed by atoms with Gasteiger partial charge in [0, 0.05) is 57.6 Å². The van der Waals surface area contributed by atoms with Crippen molar-refractivity contribution in [1.29, 1.82) is 0 Å². The van der Waals surface area contributed by atoms with E-state index in [2.05, 4.69) is 222 Å². The van der Waals surface area contributed by atoms with E-state index in [0.717, 1.165) is 64.9 Å². The van der Waals surface area contributed by atoms with Crippen molar-refractivity contribution in [3.05, 3.63) is 240 Å². The molecule has 11 rings (SSSR count). The van der Waals surface area contributed by atoms with Crippen molar-refractivity contribution in [2.24, 2.45) is 0 Å². The molecule has 0 aromatic heterocycles. The highest BCUT2D eigenvalue weighted by molar-refractivity contribution is 5.87. The summed E-state index contributed by atoms with van der Waals surface area (Å²) < 4.78 is 7.06. The number of aryl methyl sites for hydroxylation is 1. The molecule has 282 valence electrons. The number of anilines is 6. The van der Waals surface area contributed by atoms with Gasteiger partial charge in [-0.2, -0.15) is 0 Å². The van der Waals surface area contributed by atoms with Crippen LogP contribution in [0.25, 0.3) is 22.8 Å². The van der Waals surface area contributed by atoms with E-state index in [9.17, 15) is 0 Å². The van der Waals surface area contributed by atoms with Crippen LogP contribution in [0, 0.1) is 0 Å². The fraction of sp³-hybridized carbons (Fsp3) is 0.0714. The number of allylic oxidation sites excluding steroid dienone is 2. The summed E-state index contributed by atoms with van der Waals surface area (Å²) in [5.74, 6) is 2.02. The number of rotatable bonds is 8. The first kappa shape index (κ1) is 34.9. The van der Waals surface area contributed by atoms with Gasteiger partial charge >= 0.3 is 0 Å². The van der Waals surface area contributed by atoms with Gasteiger partial charge in [-0.3, -0.25) is 0 Å². The molecule has 3 aliphatic rings. The van der Waals surface area contributed by atoms with Crippen LogP contribution >= 0.6 is 0 Å². The van der Waals surface area contributed by atoms with Gasteiger partial charge in [-0.05, 0) is 119 Å². The number of para-hydroxylation sites is 2. The molecule has 59 heavy (non-hydrogen) atoms. The van der Waals surface area contributed by atoms with Crippen LogP contribution in [0.15, 0.2) is 206 Å². The van der Waals surface area contributed by atoms with Crippen molar-refractivity contribution in [3.8, 4) is 22.6 Å². The zero-order valence-electron chi connectivity index (χ0n) is 32.7. The molecule has 3 heteroatoms. The quantitative estimate of drug-likeness (QED) is 0.153. The predicted octanol–water partition coefficient (Wildman–Crippen LogP) is 15.3. The molecule has 1 unspecified atom stereocenters. The van der Waals surface area contributed by atoms with E-state index in [1.54, 1.807) is 0 Å². The third kappa shape index (κ3) is 6.42. The second-order valence-corrected chi connectivity index (χ2v) is 15.6. The lowest BCUT2D eigenvalue weighted by Crippen LogP contribution is -2.17. The predicted molar refractivity (Wildman–Crippen MR) is 245 cm³/mol. The van der Waals surface area contributed by atoms with Gasteiger partial charge in [0.2, 0.25) is 0 Å². The Morgan fingerprint density at radius 2 is 1.02 bits per heavy atom. The van der Waals surface area contributed by atoms with Crippen molar-refractivity contribution >= 4 is 45.8 Å². The highest BCUT2D eigenvalue weighted by Crippen LogP contribution is 2.53. The molecule has 0 radical (unpaired) electrons. The average Bonchev–Trinajstić information content (AvgIpc) is 3.30. The summed E-state index contributed by atoms with van der Waals surface area (Å²) in [6, 6.07) is 69.9. The van der Waals surface area contributed by atoms with Gasteiger partial charge in [-0.25, -0.2) is 0 Å². The SMILES string of the molecule is C1=Cc2cc(N(c3ccc(C4=CCCc5ccccc54)cc3)c3ccc(-c4ccccc4)cc3)cc3c2C(C1)c1ccc(N(c2ccccc2)c2ccccc2)cc1O3. The Morgan fingerprint density at radius 3 is 1.73 bits per heavy atom. The highest BCUT2D eigenvalue weighted by atomic mass is 16.5. The number of ether oxygens (including phenoxy) is 1. The Morgan fingerprint density at radius 1 is 0.458 bits per heavy atom. The van der Waals surface area contributed by atoms with E-state index in [0.29, 0.717) is 0 Å². The lowest BCUT2D eigenvalue weighted by molar-refractivity contribution is 0.445. The molecule has 0 fully saturated rings. The zero-order valence-corrected chi connectivity index (χ0v) is 32.7. The summed E-state index contributed by atoms with van der Waals surface area (Å²) in [5.41, 5.74) is 17.9. The van der Waals surface area contributed by atoms with Crippen molar-refractivity contribution < 1.29 is 4.74 Å². The van der Waals surface area contributed by atoms with Crippen LogP contribution in [0.4, 0.5) is 34.1 Å². The Kier molecular flexibility index (Phi) is 8.78. The van der Waals surface area contributed by atoms with Gasteiger partial charge in [-0.1, -0.05) is 140 Å². The first-order valence-corrected chi connectivity index (χ1v) is 20.7. The molecule has 3 nitrogen and oxygen atoms in total. The molecule has 0 saturated carbocycles. The van der Waals surface area contributed by atoms with Gasteiger partial charge in [0.15, 0.2) is 0 Å². The normalized spacial score (nSPS) is 14.6. The third-order valence-corrected chi connectivity index (χ3v) is 12.1. The average molecular weight is 759 g/mol. The second-order valence-electron chi connectivity index (χ2n) is 15.6. The Hall–Kier alpha value is -7.36. The molecular formula is C56H42N2O. The standard InChI is InChI=1S/C56H42N2O/c1-4-14-39(15-5-1)40-26-30-46(31-27-40)58(47-32-28-42(29-33-47)51-24-12-17-41-16-10-11-23-50(41)51)49-36-43-18-13-25-53-52-35-34-48(37-54(52)59-55(38-49)56(43)53)57(44-19-6-2-7-20-44)45-21-8-3-9-22-45/h1-11,13-16,18-24,26-38,53H,12,17,25H2. The summed E-state index contributed by atoms with van der Waals surface area (Å²) in [4.78, 5) is 4.67. The minimum Gasteiger partial charge on any atom is -0.457 e. The van der Waals surface area contributed by atoms with E-state index in [4.69, 9.17) is 4.74 Å². The van der Waals surface area contributed by atoms with Gasteiger partial charge in [-0.15, -0.1) is 0 Å². The van der Waals surface area contributed by atoms with Gasteiger partial charge in [0.25, 0.3) is 0 Å². The number of benzene rings is 8.